The Labute approximate surface area is 131 Å². The third-order valence-corrected chi connectivity index (χ3v) is 4.88. The van der Waals surface area contributed by atoms with E-state index in [1.807, 2.05) is 24.3 Å². The molecule has 120 valence electrons. The average molecular weight is 304 g/mol. The van der Waals surface area contributed by atoms with E-state index in [1.165, 1.54) is 0 Å². The fourth-order valence-corrected chi connectivity index (χ4v) is 3.45. The molecule has 5 heteroatoms. The van der Waals surface area contributed by atoms with Crippen molar-refractivity contribution in [1.82, 2.24) is 10.6 Å². The van der Waals surface area contributed by atoms with Gasteiger partial charge in [-0.1, -0.05) is 18.2 Å². The smallest absolute Gasteiger partial charge is 0.223 e. The van der Waals surface area contributed by atoms with Gasteiger partial charge in [-0.2, -0.15) is 0 Å². The Bertz CT molecular complexity index is 526. The molecule has 1 aliphatic carbocycles. The standard InChI is InChI=1S/C17H24N2O3/c20-9-10-22-15-4-2-1-3-13(15)12-19-16(21)14-11-17(14)5-7-18-8-6-17/h1-4,14,18,20H,5-12H2,(H,19,21). The first-order valence-corrected chi connectivity index (χ1v) is 8.05. The Morgan fingerprint density at radius 1 is 1.36 bits per heavy atom. The number of carbonyl (C=O) groups excluding carboxylic acids is 1. The Kier molecular flexibility index (Phi) is 4.64. The van der Waals surface area contributed by atoms with Crippen LogP contribution in [0.4, 0.5) is 0 Å². The molecular formula is C17H24N2O3. The van der Waals surface area contributed by atoms with E-state index in [0.29, 0.717) is 6.54 Å². The largest absolute Gasteiger partial charge is 0.491 e. The monoisotopic (exact) mass is 304 g/mol. The van der Waals surface area contributed by atoms with Crippen LogP contribution in [-0.4, -0.2) is 37.3 Å². The van der Waals surface area contributed by atoms with Gasteiger partial charge >= 0.3 is 0 Å². The van der Waals surface area contributed by atoms with Gasteiger partial charge in [0.1, 0.15) is 12.4 Å². The Morgan fingerprint density at radius 2 is 2.14 bits per heavy atom. The second-order valence-corrected chi connectivity index (χ2v) is 6.27. The summed E-state index contributed by atoms with van der Waals surface area (Å²) in [6.07, 6.45) is 3.26. The number of aliphatic hydroxyl groups is 1. The third-order valence-electron chi connectivity index (χ3n) is 4.88. The van der Waals surface area contributed by atoms with Gasteiger partial charge < -0.3 is 20.5 Å². The van der Waals surface area contributed by atoms with Crippen molar-refractivity contribution in [2.24, 2.45) is 11.3 Å². The molecule has 2 fully saturated rings. The lowest BCUT2D eigenvalue weighted by Crippen LogP contribution is -2.33. The zero-order valence-electron chi connectivity index (χ0n) is 12.8. The first-order chi connectivity index (χ1) is 10.7. The highest BCUT2D eigenvalue weighted by molar-refractivity contribution is 5.82. The molecule has 0 radical (unpaired) electrons. The lowest BCUT2D eigenvalue weighted by molar-refractivity contribution is -0.123. The highest BCUT2D eigenvalue weighted by Gasteiger charge is 2.57. The summed E-state index contributed by atoms with van der Waals surface area (Å²) in [5, 5.41) is 15.3. The predicted molar refractivity (Wildman–Crippen MR) is 83.5 cm³/mol. The summed E-state index contributed by atoms with van der Waals surface area (Å²) in [5.74, 6) is 1.07. The van der Waals surface area contributed by atoms with Gasteiger partial charge in [0.15, 0.2) is 0 Å². The molecule has 1 unspecified atom stereocenters. The molecule has 1 heterocycles. The molecular weight excluding hydrogens is 280 g/mol. The molecule has 3 rings (SSSR count). The Morgan fingerprint density at radius 3 is 2.91 bits per heavy atom. The molecule has 5 nitrogen and oxygen atoms in total. The second kappa shape index (κ2) is 6.67. The molecule has 1 atom stereocenters. The number of ether oxygens (including phenoxy) is 1. The molecule has 22 heavy (non-hydrogen) atoms. The van der Waals surface area contributed by atoms with E-state index in [-0.39, 0.29) is 30.5 Å². The van der Waals surface area contributed by atoms with Gasteiger partial charge in [-0.25, -0.2) is 0 Å². The maximum absolute atomic E-state index is 12.4. The summed E-state index contributed by atoms with van der Waals surface area (Å²) in [4.78, 5) is 12.4. The third kappa shape index (κ3) is 3.25. The van der Waals surface area contributed by atoms with Crippen molar-refractivity contribution in [3.05, 3.63) is 29.8 Å². The second-order valence-electron chi connectivity index (χ2n) is 6.27. The molecule has 1 saturated heterocycles. The van der Waals surface area contributed by atoms with Gasteiger partial charge in [-0.05, 0) is 43.8 Å². The van der Waals surface area contributed by atoms with Crippen LogP contribution in [0.3, 0.4) is 0 Å². The molecule has 1 amide bonds. The fourth-order valence-electron chi connectivity index (χ4n) is 3.45. The van der Waals surface area contributed by atoms with Crippen molar-refractivity contribution in [1.29, 1.82) is 0 Å². The maximum Gasteiger partial charge on any atom is 0.223 e. The lowest BCUT2D eigenvalue weighted by Gasteiger charge is -2.23. The van der Waals surface area contributed by atoms with Gasteiger partial charge in [0.05, 0.1) is 6.61 Å². The van der Waals surface area contributed by atoms with E-state index >= 15 is 0 Å². The first-order valence-electron chi connectivity index (χ1n) is 8.05. The summed E-state index contributed by atoms with van der Waals surface area (Å²) in [6.45, 7) is 2.79. The van der Waals surface area contributed by atoms with E-state index in [0.717, 1.165) is 43.7 Å². The van der Waals surface area contributed by atoms with E-state index < -0.39 is 0 Å². The van der Waals surface area contributed by atoms with Crippen LogP contribution >= 0.6 is 0 Å². The summed E-state index contributed by atoms with van der Waals surface area (Å²) >= 11 is 0. The number of aliphatic hydroxyl groups excluding tert-OH is 1. The number of rotatable bonds is 6. The van der Waals surface area contributed by atoms with Crippen LogP contribution in [0.1, 0.15) is 24.8 Å². The Hall–Kier alpha value is -1.59. The number of hydrogen-bond donors (Lipinski definition) is 3. The minimum atomic E-state index is -0.0146. The van der Waals surface area contributed by atoms with Gasteiger partial charge in [0, 0.05) is 18.0 Å². The van der Waals surface area contributed by atoms with Gasteiger partial charge in [-0.3, -0.25) is 4.79 Å². The van der Waals surface area contributed by atoms with Crippen LogP contribution in [-0.2, 0) is 11.3 Å². The molecule has 1 aromatic rings. The zero-order chi connectivity index (χ0) is 15.4. The summed E-state index contributed by atoms with van der Waals surface area (Å²) in [6, 6.07) is 7.63. The number of para-hydroxylation sites is 1. The minimum absolute atomic E-state index is 0.0146. The number of carbonyl (C=O) groups is 1. The molecule has 0 bridgehead atoms. The van der Waals surface area contributed by atoms with E-state index in [4.69, 9.17) is 9.84 Å². The molecule has 1 aliphatic heterocycles. The van der Waals surface area contributed by atoms with Crippen LogP contribution in [0, 0.1) is 11.3 Å². The molecule has 1 saturated carbocycles. The average Bonchev–Trinajstić information content (AvgIpc) is 3.25. The highest BCUT2D eigenvalue weighted by Crippen LogP contribution is 2.58. The number of benzene rings is 1. The van der Waals surface area contributed by atoms with Crippen molar-refractivity contribution in [2.75, 3.05) is 26.3 Å². The minimum Gasteiger partial charge on any atom is -0.491 e. The van der Waals surface area contributed by atoms with Crippen LogP contribution in [0.15, 0.2) is 24.3 Å². The maximum atomic E-state index is 12.4. The number of hydrogen-bond acceptors (Lipinski definition) is 4. The van der Waals surface area contributed by atoms with Crippen LogP contribution in [0.5, 0.6) is 5.75 Å². The first kappa shape index (κ1) is 15.3. The zero-order valence-corrected chi connectivity index (χ0v) is 12.8. The predicted octanol–water partition coefficient (Wildman–Crippen LogP) is 1.06. The van der Waals surface area contributed by atoms with Crippen LogP contribution in [0.2, 0.25) is 0 Å². The van der Waals surface area contributed by atoms with Crippen molar-refractivity contribution in [3.8, 4) is 5.75 Å². The number of amides is 1. The van der Waals surface area contributed by atoms with Gasteiger partial charge in [-0.15, -0.1) is 0 Å². The van der Waals surface area contributed by atoms with Crippen molar-refractivity contribution >= 4 is 5.91 Å². The summed E-state index contributed by atoms with van der Waals surface area (Å²) in [7, 11) is 0. The quantitative estimate of drug-likeness (QED) is 0.735. The summed E-state index contributed by atoms with van der Waals surface area (Å²) < 4.78 is 5.49. The Balaban J connectivity index is 1.53. The SMILES string of the molecule is O=C(NCc1ccccc1OCCO)C1CC12CCNCC2. The van der Waals surface area contributed by atoms with E-state index in [2.05, 4.69) is 10.6 Å². The molecule has 1 spiro atoms. The van der Waals surface area contributed by atoms with Crippen molar-refractivity contribution < 1.29 is 14.6 Å². The van der Waals surface area contributed by atoms with Crippen molar-refractivity contribution in [3.63, 3.8) is 0 Å². The number of nitrogens with one attached hydrogen (secondary N) is 2. The normalized spacial score (nSPS) is 22.3. The van der Waals surface area contributed by atoms with Gasteiger partial charge in [0.25, 0.3) is 0 Å². The van der Waals surface area contributed by atoms with Crippen molar-refractivity contribution in [2.45, 2.75) is 25.8 Å². The van der Waals surface area contributed by atoms with Gasteiger partial charge in [0.2, 0.25) is 5.91 Å². The van der Waals surface area contributed by atoms with E-state index in [9.17, 15) is 4.79 Å². The molecule has 0 aromatic heterocycles. The molecule has 2 aliphatic rings. The molecule has 3 N–H and O–H groups in total. The highest BCUT2D eigenvalue weighted by atomic mass is 16.5. The van der Waals surface area contributed by atoms with Crippen LogP contribution in [0.25, 0.3) is 0 Å². The number of piperidine rings is 1. The fraction of sp³-hybridized carbons (Fsp3) is 0.588. The molecule has 1 aromatic carbocycles. The summed E-state index contributed by atoms with van der Waals surface area (Å²) in [5.41, 5.74) is 1.21. The van der Waals surface area contributed by atoms with E-state index in [1.54, 1.807) is 0 Å². The van der Waals surface area contributed by atoms with Crippen LogP contribution < -0.4 is 15.4 Å². The lowest BCUT2D eigenvalue weighted by atomic mass is 9.92. The topological polar surface area (TPSA) is 70.6 Å².